The van der Waals surface area contributed by atoms with E-state index in [4.69, 9.17) is 11.6 Å². The maximum Gasteiger partial charge on any atom is 0.234 e. The fourth-order valence-corrected chi connectivity index (χ4v) is 3.02. The van der Waals surface area contributed by atoms with Gasteiger partial charge in [0.25, 0.3) is 0 Å². The van der Waals surface area contributed by atoms with E-state index in [1.165, 1.54) is 10.9 Å². The molecule has 0 aliphatic rings. The highest BCUT2D eigenvalue weighted by Gasteiger charge is 2.12. The van der Waals surface area contributed by atoms with Crippen LogP contribution in [0.3, 0.4) is 0 Å². The van der Waals surface area contributed by atoms with Gasteiger partial charge in [0.2, 0.25) is 5.91 Å². The van der Waals surface area contributed by atoms with Crippen molar-refractivity contribution in [2.24, 2.45) is 0 Å². The van der Waals surface area contributed by atoms with Crippen LogP contribution in [0.15, 0.2) is 35.7 Å². The number of nitrogens with one attached hydrogen (secondary N) is 1. The van der Waals surface area contributed by atoms with Crippen LogP contribution in [0, 0.1) is 5.82 Å². The number of amides is 1. The van der Waals surface area contributed by atoms with Crippen molar-refractivity contribution in [2.75, 3.05) is 20.1 Å². The predicted molar refractivity (Wildman–Crippen MR) is 88.8 cm³/mol. The lowest BCUT2D eigenvalue weighted by molar-refractivity contribution is -0.122. The number of carbonyl (C=O) groups is 1. The molecule has 2 aromatic rings. The van der Waals surface area contributed by atoms with Crippen molar-refractivity contribution < 1.29 is 9.18 Å². The number of hydrogen-bond acceptors (Lipinski definition) is 3. The van der Waals surface area contributed by atoms with Gasteiger partial charge >= 0.3 is 0 Å². The van der Waals surface area contributed by atoms with Crippen molar-refractivity contribution in [3.8, 4) is 0 Å². The zero-order valence-corrected chi connectivity index (χ0v) is 13.9. The van der Waals surface area contributed by atoms with E-state index >= 15 is 0 Å². The van der Waals surface area contributed by atoms with Gasteiger partial charge in [-0.3, -0.25) is 9.69 Å². The molecule has 0 aliphatic carbocycles. The van der Waals surface area contributed by atoms with E-state index in [9.17, 15) is 9.18 Å². The van der Waals surface area contributed by atoms with E-state index in [0.717, 1.165) is 6.42 Å². The van der Waals surface area contributed by atoms with Crippen molar-refractivity contribution in [1.82, 2.24) is 10.2 Å². The van der Waals surface area contributed by atoms with Gasteiger partial charge in [-0.15, -0.1) is 11.3 Å². The lowest BCUT2D eigenvalue weighted by Crippen LogP contribution is -2.36. The lowest BCUT2D eigenvalue weighted by atomic mass is 10.2. The molecule has 1 amide bonds. The van der Waals surface area contributed by atoms with Gasteiger partial charge in [0, 0.05) is 28.6 Å². The van der Waals surface area contributed by atoms with Crippen molar-refractivity contribution >= 4 is 28.8 Å². The summed E-state index contributed by atoms with van der Waals surface area (Å²) >= 11 is 7.66. The molecule has 0 saturated carbocycles. The maximum absolute atomic E-state index is 13.7. The van der Waals surface area contributed by atoms with Crippen molar-refractivity contribution in [1.29, 1.82) is 0 Å². The van der Waals surface area contributed by atoms with Gasteiger partial charge in [-0.1, -0.05) is 23.7 Å². The number of rotatable bonds is 7. The molecule has 0 radical (unpaired) electrons. The minimum absolute atomic E-state index is 0.0773. The molecule has 0 unspecified atom stereocenters. The summed E-state index contributed by atoms with van der Waals surface area (Å²) in [4.78, 5) is 14.8. The summed E-state index contributed by atoms with van der Waals surface area (Å²) in [6.45, 7) is 1.10. The molecular weight excluding hydrogens is 323 g/mol. The largest absolute Gasteiger partial charge is 0.355 e. The van der Waals surface area contributed by atoms with Crippen LogP contribution in [0.25, 0.3) is 0 Å². The molecule has 22 heavy (non-hydrogen) atoms. The van der Waals surface area contributed by atoms with Crippen molar-refractivity contribution in [2.45, 2.75) is 13.0 Å². The van der Waals surface area contributed by atoms with Gasteiger partial charge in [-0.05, 0) is 37.0 Å². The third-order valence-electron chi connectivity index (χ3n) is 3.18. The Morgan fingerprint density at radius 2 is 2.18 bits per heavy atom. The van der Waals surface area contributed by atoms with Gasteiger partial charge < -0.3 is 5.32 Å². The van der Waals surface area contributed by atoms with Crippen LogP contribution in [0.2, 0.25) is 5.02 Å². The topological polar surface area (TPSA) is 32.3 Å². The molecule has 0 aliphatic heterocycles. The Morgan fingerprint density at radius 3 is 2.86 bits per heavy atom. The maximum atomic E-state index is 13.7. The van der Waals surface area contributed by atoms with Crippen molar-refractivity contribution in [3.63, 3.8) is 0 Å². The second kappa shape index (κ2) is 8.27. The number of benzene rings is 1. The summed E-state index contributed by atoms with van der Waals surface area (Å²) in [6.07, 6.45) is 0.826. The van der Waals surface area contributed by atoms with E-state index in [2.05, 4.69) is 5.32 Å². The smallest absolute Gasteiger partial charge is 0.234 e. The minimum Gasteiger partial charge on any atom is -0.355 e. The molecule has 1 aromatic heterocycles. The van der Waals surface area contributed by atoms with Gasteiger partial charge in [-0.25, -0.2) is 4.39 Å². The number of nitrogens with zero attached hydrogens (tertiary/aromatic N) is 1. The van der Waals surface area contributed by atoms with Gasteiger partial charge in [0.05, 0.1) is 6.54 Å². The Balaban J connectivity index is 1.76. The van der Waals surface area contributed by atoms with Crippen LogP contribution in [0.5, 0.6) is 0 Å². The van der Waals surface area contributed by atoms with Gasteiger partial charge in [0.1, 0.15) is 5.82 Å². The molecule has 1 aromatic carbocycles. The second-order valence-corrected chi connectivity index (χ2v) is 6.49. The fraction of sp³-hybridized carbons (Fsp3) is 0.312. The van der Waals surface area contributed by atoms with E-state index in [1.807, 2.05) is 17.5 Å². The van der Waals surface area contributed by atoms with E-state index in [1.54, 1.807) is 35.4 Å². The Bertz CT molecular complexity index is 598. The van der Waals surface area contributed by atoms with Gasteiger partial charge in [-0.2, -0.15) is 0 Å². The van der Waals surface area contributed by atoms with Crippen LogP contribution in [0.1, 0.15) is 10.4 Å². The molecule has 0 spiro atoms. The molecular formula is C16H18ClFN2OS. The van der Waals surface area contributed by atoms with Crippen LogP contribution < -0.4 is 5.32 Å². The third kappa shape index (κ3) is 5.09. The van der Waals surface area contributed by atoms with E-state index in [-0.39, 0.29) is 18.3 Å². The third-order valence-corrected chi connectivity index (χ3v) is 4.47. The minimum atomic E-state index is -0.350. The normalized spacial score (nSPS) is 10.9. The number of hydrogen-bond donors (Lipinski definition) is 1. The van der Waals surface area contributed by atoms with Crippen molar-refractivity contribution in [3.05, 3.63) is 57.0 Å². The Hall–Kier alpha value is -1.43. The van der Waals surface area contributed by atoms with Crippen LogP contribution >= 0.6 is 22.9 Å². The zero-order valence-electron chi connectivity index (χ0n) is 12.3. The molecule has 1 heterocycles. The summed E-state index contributed by atoms with van der Waals surface area (Å²) in [6, 6.07) is 8.63. The molecule has 0 atom stereocenters. The Labute approximate surface area is 138 Å². The second-order valence-electron chi connectivity index (χ2n) is 5.05. The van der Waals surface area contributed by atoms with Crippen LogP contribution in [0.4, 0.5) is 4.39 Å². The lowest BCUT2D eigenvalue weighted by Gasteiger charge is -2.17. The van der Waals surface area contributed by atoms with Crippen LogP contribution in [-0.4, -0.2) is 30.9 Å². The summed E-state index contributed by atoms with van der Waals surface area (Å²) in [5, 5.41) is 5.26. The standard InChI is InChI=1S/C16H18ClFN2OS/c1-20(10-13-14(17)5-2-6-15(13)18)11-16(21)19-8-7-12-4-3-9-22-12/h2-6,9H,7-8,10-11H2,1H3,(H,19,21). The molecule has 1 N–H and O–H groups in total. The highest BCUT2D eigenvalue weighted by atomic mass is 35.5. The zero-order chi connectivity index (χ0) is 15.9. The first-order valence-corrected chi connectivity index (χ1v) is 8.22. The summed E-state index contributed by atoms with van der Waals surface area (Å²) in [5.74, 6) is -0.427. The molecule has 118 valence electrons. The quantitative estimate of drug-likeness (QED) is 0.838. The predicted octanol–water partition coefficient (Wildman–Crippen LogP) is 3.33. The monoisotopic (exact) mass is 340 g/mol. The van der Waals surface area contributed by atoms with Gasteiger partial charge in [0.15, 0.2) is 0 Å². The highest BCUT2D eigenvalue weighted by molar-refractivity contribution is 7.09. The van der Waals surface area contributed by atoms with E-state index < -0.39 is 0 Å². The number of carbonyl (C=O) groups excluding carboxylic acids is 1. The SMILES string of the molecule is CN(CC(=O)NCCc1cccs1)Cc1c(F)cccc1Cl. The molecule has 0 saturated heterocycles. The molecule has 0 fully saturated rings. The molecule has 2 rings (SSSR count). The molecule has 6 heteroatoms. The average Bonchev–Trinajstić information content (AvgIpc) is 2.96. The van der Waals surface area contributed by atoms with E-state index in [0.29, 0.717) is 23.7 Å². The number of thiophene rings is 1. The molecule has 0 bridgehead atoms. The summed E-state index contributed by atoms with van der Waals surface area (Å²) in [5.41, 5.74) is 0.415. The number of likely N-dealkylation sites (N-methyl/N-ethyl adjacent to an activating group) is 1. The van der Waals surface area contributed by atoms with Crippen LogP contribution in [-0.2, 0) is 17.8 Å². The first-order chi connectivity index (χ1) is 10.6. The highest BCUT2D eigenvalue weighted by Crippen LogP contribution is 2.20. The number of halogens is 2. The molecule has 3 nitrogen and oxygen atoms in total. The Morgan fingerprint density at radius 1 is 1.36 bits per heavy atom. The first kappa shape index (κ1) is 16.9. The average molecular weight is 341 g/mol. The summed E-state index contributed by atoms with van der Waals surface area (Å²) in [7, 11) is 1.77. The first-order valence-electron chi connectivity index (χ1n) is 6.97. The summed E-state index contributed by atoms with van der Waals surface area (Å²) < 4.78 is 13.7. The Kier molecular flexibility index (Phi) is 6.36. The fourth-order valence-electron chi connectivity index (χ4n) is 2.09.